The SMILES string of the molecule is O=C1C(=O)N(CCC23CC4CC(CC(C4)C2)C3)C(=O)N1CCCCCCCCN1C(=O)C(=O)N(CCC23CC4CC(CC(C4)C2)C3)C1=O. The van der Waals surface area contributed by atoms with E-state index in [1.165, 1.54) is 86.8 Å². The molecule has 0 atom stereocenters. The van der Waals surface area contributed by atoms with Gasteiger partial charge in [-0.1, -0.05) is 25.7 Å². The summed E-state index contributed by atoms with van der Waals surface area (Å²) in [6, 6.07) is -0.896. The van der Waals surface area contributed by atoms with Crippen LogP contribution < -0.4 is 0 Å². The third kappa shape index (κ3) is 5.91. The molecule has 0 aromatic rings. The number of hydrogen-bond donors (Lipinski definition) is 0. The van der Waals surface area contributed by atoms with Gasteiger partial charge < -0.3 is 0 Å². The Morgan fingerprint density at radius 3 is 0.917 bits per heavy atom. The number of unbranched alkanes of at least 4 members (excludes halogenated alkanes) is 5. The van der Waals surface area contributed by atoms with Crippen LogP contribution in [0.4, 0.5) is 9.59 Å². The largest absolute Gasteiger partial charge is 0.334 e. The molecule has 0 aromatic carbocycles. The summed E-state index contributed by atoms with van der Waals surface area (Å²) >= 11 is 0. The van der Waals surface area contributed by atoms with Gasteiger partial charge in [0.1, 0.15) is 0 Å². The molecule has 10 nitrogen and oxygen atoms in total. The maximum Gasteiger partial charge on any atom is 0.334 e. The van der Waals surface area contributed by atoms with Crippen LogP contribution in [0.1, 0.15) is 128 Å². The van der Waals surface area contributed by atoms with Crippen molar-refractivity contribution >= 4 is 35.7 Å². The van der Waals surface area contributed by atoms with E-state index >= 15 is 0 Å². The normalized spacial score (nSPS) is 38.2. The van der Waals surface area contributed by atoms with Gasteiger partial charge in [0, 0.05) is 26.2 Å². The van der Waals surface area contributed by atoms with E-state index in [0.29, 0.717) is 25.9 Å². The fourth-order valence-corrected chi connectivity index (χ4v) is 13.0. The average molecular weight is 663 g/mol. The van der Waals surface area contributed by atoms with Gasteiger partial charge in [-0.05, 0) is 149 Å². The van der Waals surface area contributed by atoms with E-state index in [2.05, 4.69) is 0 Å². The first kappa shape index (κ1) is 32.4. The molecular weight excluding hydrogens is 608 g/mol. The third-order valence-electron chi connectivity index (χ3n) is 14.3. The molecule has 2 aliphatic heterocycles. The molecule has 0 unspecified atom stereocenters. The van der Waals surface area contributed by atoms with Gasteiger partial charge >= 0.3 is 35.7 Å². The van der Waals surface area contributed by atoms with Gasteiger partial charge in [0.25, 0.3) is 0 Å². The van der Waals surface area contributed by atoms with Crippen molar-refractivity contribution in [3.05, 3.63) is 0 Å². The van der Waals surface area contributed by atoms with E-state index in [9.17, 15) is 28.8 Å². The number of imide groups is 4. The van der Waals surface area contributed by atoms with Crippen molar-refractivity contribution in [2.45, 2.75) is 128 Å². The van der Waals surface area contributed by atoms with Gasteiger partial charge in [-0.3, -0.25) is 38.8 Å². The minimum absolute atomic E-state index is 0.254. The highest BCUT2D eigenvalue weighted by Crippen LogP contribution is 2.62. The molecule has 0 aromatic heterocycles. The monoisotopic (exact) mass is 662 g/mol. The summed E-state index contributed by atoms with van der Waals surface area (Å²) in [7, 11) is 0. The van der Waals surface area contributed by atoms with Crippen molar-refractivity contribution in [2.24, 2.45) is 46.3 Å². The number of hydrogen-bond acceptors (Lipinski definition) is 6. The zero-order valence-electron chi connectivity index (χ0n) is 28.7. The molecule has 0 spiro atoms. The highest BCUT2D eigenvalue weighted by Gasteiger charge is 2.53. The summed E-state index contributed by atoms with van der Waals surface area (Å²) in [5, 5.41) is 0. The predicted octanol–water partition coefficient (Wildman–Crippen LogP) is 6.12. The molecule has 2 heterocycles. The lowest BCUT2D eigenvalue weighted by Crippen LogP contribution is -2.47. The van der Waals surface area contributed by atoms with Crippen molar-refractivity contribution in [3.63, 3.8) is 0 Å². The molecule has 8 bridgehead atoms. The molecule has 262 valence electrons. The topological polar surface area (TPSA) is 115 Å². The van der Waals surface area contributed by atoms with Gasteiger partial charge in [-0.25, -0.2) is 9.59 Å². The number of amides is 8. The first-order valence-electron chi connectivity index (χ1n) is 19.5. The second-order valence-electron chi connectivity index (χ2n) is 17.8. The van der Waals surface area contributed by atoms with Crippen molar-refractivity contribution in [1.82, 2.24) is 19.6 Å². The maximum atomic E-state index is 13.1. The smallest absolute Gasteiger partial charge is 0.263 e. The van der Waals surface area contributed by atoms with E-state index in [1.54, 1.807) is 0 Å². The van der Waals surface area contributed by atoms with Crippen molar-refractivity contribution in [1.29, 1.82) is 0 Å². The molecule has 10 aliphatic rings. The fraction of sp³-hybridized carbons (Fsp3) is 0.842. The lowest BCUT2D eigenvalue weighted by Gasteiger charge is -2.57. The molecule has 8 saturated carbocycles. The summed E-state index contributed by atoms with van der Waals surface area (Å²) in [5.74, 6) is 2.15. The molecule has 8 amide bonds. The van der Waals surface area contributed by atoms with Gasteiger partial charge in [-0.2, -0.15) is 0 Å². The van der Waals surface area contributed by atoms with E-state index < -0.39 is 35.7 Å². The van der Waals surface area contributed by atoms with E-state index in [4.69, 9.17) is 0 Å². The van der Waals surface area contributed by atoms with Crippen LogP contribution in [0.3, 0.4) is 0 Å². The Morgan fingerprint density at radius 1 is 0.375 bits per heavy atom. The number of nitrogens with zero attached hydrogens (tertiary/aromatic N) is 4. The van der Waals surface area contributed by atoms with Crippen LogP contribution in [0, 0.1) is 46.3 Å². The summed E-state index contributed by atoms with van der Waals surface area (Å²) in [4.78, 5) is 81.7. The van der Waals surface area contributed by atoms with Crippen LogP contribution in [0.2, 0.25) is 0 Å². The third-order valence-corrected chi connectivity index (χ3v) is 14.3. The summed E-state index contributed by atoms with van der Waals surface area (Å²) in [6.07, 6.45) is 21.8. The minimum Gasteiger partial charge on any atom is -0.263 e. The highest BCUT2D eigenvalue weighted by molar-refractivity contribution is 6.45. The average Bonchev–Trinajstić information content (AvgIpc) is 3.36. The standard InChI is InChI=1S/C38H54N4O6/c43-31-33(45)41(11-7-37-19-25-13-26(20-37)15-27(14-25)21-37)35(47)39(31)9-5-3-1-2-4-6-10-40-32(44)34(46)42(36(40)48)12-8-38-22-28-16-29(23-38)18-30(17-28)24-38/h25-30H,1-24H2. The fourth-order valence-electron chi connectivity index (χ4n) is 13.0. The van der Waals surface area contributed by atoms with Crippen molar-refractivity contribution < 1.29 is 28.8 Å². The van der Waals surface area contributed by atoms with Crippen LogP contribution in [0.15, 0.2) is 0 Å². The summed E-state index contributed by atoms with van der Waals surface area (Å²) in [6.45, 7) is 1.24. The lowest BCUT2D eigenvalue weighted by atomic mass is 9.49. The Kier molecular flexibility index (Phi) is 8.46. The lowest BCUT2D eigenvalue weighted by molar-refractivity contribution is -0.143. The van der Waals surface area contributed by atoms with Crippen molar-refractivity contribution in [2.75, 3.05) is 26.2 Å². The highest BCUT2D eigenvalue weighted by atomic mass is 16.2. The molecule has 2 saturated heterocycles. The van der Waals surface area contributed by atoms with Gasteiger partial charge in [0.05, 0.1) is 0 Å². The maximum absolute atomic E-state index is 13.1. The van der Waals surface area contributed by atoms with Crippen LogP contribution >= 0.6 is 0 Å². The Labute approximate surface area is 284 Å². The van der Waals surface area contributed by atoms with Crippen LogP contribution in [0.5, 0.6) is 0 Å². The Balaban J connectivity index is 0.720. The number of rotatable bonds is 15. The molecule has 10 heteroatoms. The first-order valence-corrected chi connectivity index (χ1v) is 19.5. The van der Waals surface area contributed by atoms with Crippen LogP contribution in [0.25, 0.3) is 0 Å². The number of carbonyl (C=O) groups is 6. The van der Waals surface area contributed by atoms with Gasteiger partial charge in [-0.15, -0.1) is 0 Å². The zero-order chi connectivity index (χ0) is 33.2. The molecule has 48 heavy (non-hydrogen) atoms. The van der Waals surface area contributed by atoms with Crippen molar-refractivity contribution in [3.8, 4) is 0 Å². The molecule has 10 fully saturated rings. The molecule has 10 rings (SSSR count). The van der Waals surface area contributed by atoms with Gasteiger partial charge in [0.15, 0.2) is 0 Å². The van der Waals surface area contributed by atoms with E-state index in [-0.39, 0.29) is 23.9 Å². The summed E-state index contributed by atoms with van der Waals surface area (Å²) < 4.78 is 0. The quantitative estimate of drug-likeness (QED) is 0.119. The first-order chi connectivity index (χ1) is 23.1. The molecule has 0 N–H and O–H groups in total. The van der Waals surface area contributed by atoms with E-state index in [1.807, 2.05) is 0 Å². The molecular formula is C38H54N4O6. The second kappa shape index (κ2) is 12.5. The van der Waals surface area contributed by atoms with E-state index in [0.717, 1.165) is 83.8 Å². The number of urea groups is 2. The Bertz CT molecular complexity index is 1200. The second-order valence-corrected chi connectivity index (χ2v) is 17.8. The Morgan fingerprint density at radius 2 is 0.625 bits per heavy atom. The Hall–Kier alpha value is -2.78. The molecule has 0 radical (unpaired) electrons. The summed E-state index contributed by atoms with van der Waals surface area (Å²) in [5.41, 5.74) is 0.507. The van der Waals surface area contributed by atoms with Gasteiger partial charge in [0.2, 0.25) is 0 Å². The molecule has 8 aliphatic carbocycles. The zero-order valence-corrected chi connectivity index (χ0v) is 28.7. The predicted molar refractivity (Wildman–Crippen MR) is 176 cm³/mol. The van der Waals surface area contributed by atoms with Crippen LogP contribution in [-0.4, -0.2) is 81.5 Å². The minimum atomic E-state index is -0.688. The number of carbonyl (C=O) groups excluding carboxylic acids is 6. The van der Waals surface area contributed by atoms with Crippen LogP contribution in [-0.2, 0) is 19.2 Å².